The molecule has 0 radical (unpaired) electrons. The summed E-state index contributed by atoms with van der Waals surface area (Å²) in [5.41, 5.74) is 0. The molecule has 0 saturated heterocycles. The summed E-state index contributed by atoms with van der Waals surface area (Å²) in [5.74, 6) is 0. The summed E-state index contributed by atoms with van der Waals surface area (Å²) in [6.45, 7) is 2.09. The van der Waals surface area contributed by atoms with Gasteiger partial charge in [0, 0.05) is 0 Å². The molecule has 1 heterocycles. The molecule has 0 saturated carbocycles. The maximum atomic E-state index is 4.12. The second-order valence-electron chi connectivity index (χ2n) is 1.45. The van der Waals surface area contributed by atoms with E-state index in [1.807, 2.05) is 0 Å². The van der Waals surface area contributed by atoms with Crippen molar-refractivity contribution in [3.05, 3.63) is 11.2 Å². The fraction of sp³-hybridized carbons (Fsp3) is 0.400. The smallest absolute Gasteiger partial charge is 0.0933 e. The van der Waals surface area contributed by atoms with Crippen molar-refractivity contribution in [1.29, 1.82) is 0 Å². The van der Waals surface area contributed by atoms with E-state index in [0.717, 1.165) is 15.6 Å². The van der Waals surface area contributed by atoms with Crippen LogP contribution in [0.1, 0.15) is 11.9 Å². The van der Waals surface area contributed by atoms with Crippen molar-refractivity contribution >= 4 is 24.0 Å². The molecule has 44 valence electrons. The quantitative estimate of drug-likeness (QED) is 0.596. The van der Waals surface area contributed by atoms with E-state index in [1.165, 1.54) is 0 Å². The van der Waals surface area contributed by atoms with Crippen molar-refractivity contribution < 1.29 is 0 Å². The summed E-state index contributed by atoms with van der Waals surface area (Å²) in [4.78, 5) is 4.08. The van der Waals surface area contributed by atoms with E-state index in [-0.39, 0.29) is 0 Å². The van der Waals surface area contributed by atoms with Crippen molar-refractivity contribution in [3.63, 3.8) is 0 Å². The average Bonchev–Trinajstić information content (AvgIpc) is 2.14. The van der Waals surface area contributed by atoms with Gasteiger partial charge in [0.25, 0.3) is 0 Å². The van der Waals surface area contributed by atoms with E-state index in [4.69, 9.17) is 0 Å². The van der Waals surface area contributed by atoms with Gasteiger partial charge in [-0.05, 0) is 6.42 Å². The molecule has 0 aromatic carbocycles. The van der Waals surface area contributed by atoms with E-state index in [1.54, 1.807) is 17.5 Å². The Hall–Kier alpha value is -0.0200. The van der Waals surface area contributed by atoms with Crippen molar-refractivity contribution in [1.82, 2.24) is 4.98 Å². The molecule has 0 N–H and O–H groups in total. The lowest BCUT2D eigenvalue weighted by Gasteiger charge is -1.78. The number of nitrogens with zero attached hydrogens (tertiary/aromatic N) is 1. The lowest BCUT2D eigenvalue weighted by Crippen LogP contribution is -1.70. The van der Waals surface area contributed by atoms with Crippen molar-refractivity contribution in [3.8, 4) is 0 Å². The molecule has 8 heavy (non-hydrogen) atoms. The number of aryl methyl sites for hydroxylation is 1. The number of hydrogen-bond acceptors (Lipinski definition) is 3. The van der Waals surface area contributed by atoms with Crippen LogP contribution in [0.3, 0.4) is 0 Å². The largest absolute Gasteiger partial charge is 0.249 e. The molecular weight excluding hydrogens is 138 g/mol. The van der Waals surface area contributed by atoms with Crippen molar-refractivity contribution in [2.75, 3.05) is 0 Å². The SMILES string of the molecule is CCc1ncc(S)s1. The van der Waals surface area contributed by atoms with Crippen LogP contribution in [0.4, 0.5) is 0 Å². The first-order valence-electron chi connectivity index (χ1n) is 2.46. The normalized spacial score (nSPS) is 9.75. The summed E-state index contributed by atoms with van der Waals surface area (Å²) in [5, 5.41) is 1.16. The van der Waals surface area contributed by atoms with Gasteiger partial charge in [-0.3, -0.25) is 0 Å². The number of rotatable bonds is 1. The molecule has 1 aromatic heterocycles. The van der Waals surface area contributed by atoms with Gasteiger partial charge in [0.2, 0.25) is 0 Å². The summed E-state index contributed by atoms with van der Waals surface area (Å²) < 4.78 is 1.00. The molecule has 0 fully saturated rings. The van der Waals surface area contributed by atoms with Gasteiger partial charge in [0.15, 0.2) is 0 Å². The molecule has 0 atom stereocenters. The lowest BCUT2D eigenvalue weighted by atomic mass is 10.5. The Balaban J connectivity index is 2.84. The fourth-order valence-corrected chi connectivity index (χ4v) is 1.43. The minimum atomic E-state index is 1.00. The maximum Gasteiger partial charge on any atom is 0.0933 e. The zero-order valence-corrected chi connectivity index (χ0v) is 6.30. The van der Waals surface area contributed by atoms with E-state index < -0.39 is 0 Å². The zero-order valence-electron chi connectivity index (χ0n) is 4.59. The van der Waals surface area contributed by atoms with Crippen LogP contribution in [0.15, 0.2) is 10.4 Å². The Morgan fingerprint density at radius 2 is 2.62 bits per heavy atom. The highest BCUT2D eigenvalue weighted by molar-refractivity contribution is 7.82. The summed E-state index contributed by atoms with van der Waals surface area (Å²) in [6, 6.07) is 0. The number of aromatic nitrogens is 1. The average molecular weight is 145 g/mol. The third-order valence-electron chi connectivity index (χ3n) is 0.844. The standard InChI is InChI=1S/C5H7NS2/c1-2-4-6-3-5(7)8-4/h3,7H,2H2,1H3. The Morgan fingerprint density at radius 1 is 1.88 bits per heavy atom. The highest BCUT2D eigenvalue weighted by Gasteiger charge is 1.92. The first-order chi connectivity index (χ1) is 3.83. The van der Waals surface area contributed by atoms with Gasteiger partial charge in [0.1, 0.15) is 0 Å². The molecule has 0 aliphatic heterocycles. The Labute approximate surface area is 58.2 Å². The number of thiol groups is 1. The topological polar surface area (TPSA) is 12.9 Å². The molecule has 1 rings (SSSR count). The predicted octanol–water partition coefficient (Wildman–Crippen LogP) is 1.99. The molecule has 0 aliphatic rings. The van der Waals surface area contributed by atoms with Gasteiger partial charge < -0.3 is 0 Å². The fourth-order valence-electron chi connectivity index (χ4n) is 0.464. The van der Waals surface area contributed by atoms with Gasteiger partial charge in [-0.15, -0.1) is 24.0 Å². The van der Waals surface area contributed by atoms with Gasteiger partial charge in [-0.1, -0.05) is 6.92 Å². The van der Waals surface area contributed by atoms with Crippen LogP contribution in [-0.4, -0.2) is 4.98 Å². The first-order valence-corrected chi connectivity index (χ1v) is 3.73. The van der Waals surface area contributed by atoms with Gasteiger partial charge in [-0.25, -0.2) is 4.98 Å². The third kappa shape index (κ3) is 1.23. The minimum absolute atomic E-state index is 1.00. The van der Waals surface area contributed by atoms with Gasteiger partial charge >= 0.3 is 0 Å². The zero-order chi connectivity index (χ0) is 5.98. The molecule has 3 heteroatoms. The lowest BCUT2D eigenvalue weighted by molar-refractivity contribution is 1.09. The first kappa shape index (κ1) is 6.11. The van der Waals surface area contributed by atoms with Crippen LogP contribution in [0.25, 0.3) is 0 Å². The van der Waals surface area contributed by atoms with Crippen molar-refractivity contribution in [2.24, 2.45) is 0 Å². The van der Waals surface area contributed by atoms with Crippen LogP contribution in [-0.2, 0) is 6.42 Å². The van der Waals surface area contributed by atoms with E-state index in [2.05, 4.69) is 24.5 Å². The Kier molecular flexibility index (Phi) is 1.91. The molecule has 0 unspecified atom stereocenters. The van der Waals surface area contributed by atoms with E-state index in [9.17, 15) is 0 Å². The Bertz CT molecular complexity index is 171. The molecule has 1 nitrogen and oxygen atoms in total. The number of hydrogen-bond donors (Lipinski definition) is 1. The van der Waals surface area contributed by atoms with Crippen molar-refractivity contribution in [2.45, 2.75) is 17.6 Å². The molecule has 1 aromatic rings. The third-order valence-corrected chi connectivity index (χ3v) is 2.18. The van der Waals surface area contributed by atoms with E-state index in [0.29, 0.717) is 0 Å². The van der Waals surface area contributed by atoms with Gasteiger partial charge in [-0.2, -0.15) is 0 Å². The second kappa shape index (κ2) is 2.51. The van der Waals surface area contributed by atoms with Crippen LogP contribution in [0, 0.1) is 0 Å². The summed E-state index contributed by atoms with van der Waals surface area (Å²) in [6.07, 6.45) is 2.80. The maximum absolute atomic E-state index is 4.12. The van der Waals surface area contributed by atoms with Gasteiger partial charge in [0.05, 0.1) is 15.4 Å². The molecule has 0 aliphatic carbocycles. The van der Waals surface area contributed by atoms with Crippen LogP contribution in [0.5, 0.6) is 0 Å². The van der Waals surface area contributed by atoms with Crippen LogP contribution < -0.4 is 0 Å². The molecular formula is C5H7NS2. The highest BCUT2D eigenvalue weighted by Crippen LogP contribution is 2.15. The Morgan fingerprint density at radius 3 is 2.88 bits per heavy atom. The highest BCUT2D eigenvalue weighted by atomic mass is 32.2. The monoisotopic (exact) mass is 145 g/mol. The molecule has 0 bridgehead atoms. The van der Waals surface area contributed by atoms with E-state index >= 15 is 0 Å². The summed E-state index contributed by atoms with van der Waals surface area (Å²) >= 11 is 5.76. The van der Waals surface area contributed by atoms with Crippen LogP contribution >= 0.6 is 24.0 Å². The minimum Gasteiger partial charge on any atom is -0.249 e. The summed E-state index contributed by atoms with van der Waals surface area (Å²) in [7, 11) is 0. The number of thiazole rings is 1. The molecule has 0 amide bonds. The van der Waals surface area contributed by atoms with Crippen LogP contribution in [0.2, 0.25) is 0 Å². The molecule has 0 spiro atoms. The second-order valence-corrected chi connectivity index (χ2v) is 3.35. The predicted molar refractivity (Wildman–Crippen MR) is 38.7 cm³/mol.